The second kappa shape index (κ2) is 6.54. The smallest absolute Gasteiger partial charge is 0.163 e. The third kappa shape index (κ3) is 3.25. The van der Waals surface area contributed by atoms with Gasteiger partial charge in [0.1, 0.15) is 10.8 Å². The highest BCUT2D eigenvalue weighted by Crippen LogP contribution is 2.50. The van der Waals surface area contributed by atoms with Crippen LogP contribution >= 0.6 is 82.6 Å². The molecule has 19 heavy (non-hydrogen) atoms. The van der Waals surface area contributed by atoms with Gasteiger partial charge >= 0.3 is 0 Å². The van der Waals surface area contributed by atoms with Crippen LogP contribution in [-0.4, -0.2) is 0 Å². The summed E-state index contributed by atoms with van der Waals surface area (Å²) in [5.41, 5.74) is 0. The van der Waals surface area contributed by atoms with Crippen molar-refractivity contribution in [3.63, 3.8) is 0 Å². The van der Waals surface area contributed by atoms with Gasteiger partial charge in [-0.2, -0.15) is 0 Å². The first-order valence-electron chi connectivity index (χ1n) is 4.87. The molecule has 2 aromatic carbocycles. The fraction of sp³-hybridized carbons (Fsp3) is 0. The van der Waals surface area contributed by atoms with E-state index in [0.29, 0.717) is 25.5 Å². The van der Waals surface area contributed by atoms with E-state index in [4.69, 9.17) is 39.5 Å². The van der Waals surface area contributed by atoms with Crippen LogP contribution < -0.4 is 4.74 Å². The zero-order valence-corrected chi connectivity index (χ0v) is 16.0. The molecule has 0 atom stereocenters. The zero-order valence-electron chi connectivity index (χ0n) is 8.99. The van der Waals surface area contributed by atoms with Crippen molar-refractivity contribution in [2.45, 2.75) is 0 Å². The Hall–Kier alpha value is 0.550. The highest BCUT2D eigenvalue weighted by Gasteiger charge is 2.20. The molecule has 7 heteroatoms. The van der Waals surface area contributed by atoms with Gasteiger partial charge in [-0.15, -0.1) is 0 Å². The first-order valence-corrected chi connectivity index (χ1v) is 8.38. The minimum Gasteiger partial charge on any atom is -0.453 e. The number of hydrogen-bond donors (Lipinski definition) is 0. The number of halogens is 6. The van der Waals surface area contributed by atoms with E-state index < -0.39 is 0 Å². The molecule has 0 radical (unpaired) electrons. The van der Waals surface area contributed by atoms with Crippen molar-refractivity contribution in [1.29, 1.82) is 0 Å². The molecular formula is C12H4Br3Cl3O. The van der Waals surface area contributed by atoms with Crippen LogP contribution in [0.25, 0.3) is 0 Å². The Balaban J connectivity index is 2.56. The van der Waals surface area contributed by atoms with Crippen LogP contribution in [0.2, 0.25) is 15.1 Å². The highest BCUT2D eigenvalue weighted by atomic mass is 79.9. The van der Waals surface area contributed by atoms with Crippen LogP contribution in [0.4, 0.5) is 0 Å². The van der Waals surface area contributed by atoms with Crippen LogP contribution in [0.15, 0.2) is 37.7 Å². The molecule has 2 rings (SSSR count). The standard InChI is InChI=1S/C12H4Br3Cl3O/c13-5-3-1-2-4-6(5)19-12-8(15)7(14)9(16)10(17)11(12)18/h1-4H. The second-order valence-electron chi connectivity index (χ2n) is 3.43. The van der Waals surface area contributed by atoms with Gasteiger partial charge in [0, 0.05) is 0 Å². The molecule has 0 saturated heterocycles. The van der Waals surface area contributed by atoms with E-state index in [-0.39, 0.29) is 10.0 Å². The van der Waals surface area contributed by atoms with Crippen LogP contribution in [0.1, 0.15) is 0 Å². The number of benzene rings is 2. The number of para-hydroxylation sites is 1. The maximum absolute atomic E-state index is 6.17. The highest BCUT2D eigenvalue weighted by molar-refractivity contribution is 9.13. The lowest BCUT2D eigenvalue weighted by Gasteiger charge is -2.14. The average Bonchev–Trinajstić information content (AvgIpc) is 2.41. The van der Waals surface area contributed by atoms with Gasteiger partial charge in [-0.1, -0.05) is 46.9 Å². The molecule has 0 heterocycles. The summed E-state index contributed by atoms with van der Waals surface area (Å²) in [4.78, 5) is 0. The first-order chi connectivity index (χ1) is 8.93. The Morgan fingerprint density at radius 2 is 1.42 bits per heavy atom. The van der Waals surface area contributed by atoms with E-state index in [9.17, 15) is 0 Å². The molecule has 0 saturated carbocycles. The van der Waals surface area contributed by atoms with E-state index in [2.05, 4.69) is 47.8 Å². The number of hydrogen-bond acceptors (Lipinski definition) is 1. The Labute approximate surface area is 150 Å². The van der Waals surface area contributed by atoms with Crippen molar-refractivity contribution in [2.75, 3.05) is 0 Å². The van der Waals surface area contributed by atoms with Gasteiger partial charge in [-0.05, 0) is 59.9 Å². The molecule has 0 aliphatic carbocycles. The number of ether oxygens (including phenoxy) is 1. The van der Waals surface area contributed by atoms with Crippen LogP contribution in [0.3, 0.4) is 0 Å². The van der Waals surface area contributed by atoms with Crippen molar-refractivity contribution < 1.29 is 4.74 Å². The molecule has 0 aliphatic rings. The van der Waals surface area contributed by atoms with Crippen LogP contribution in [0.5, 0.6) is 11.5 Å². The maximum atomic E-state index is 6.17. The fourth-order valence-electron chi connectivity index (χ4n) is 1.31. The Morgan fingerprint density at radius 3 is 2.05 bits per heavy atom. The SMILES string of the molecule is Clc1c(Cl)c(Br)c(Br)c(Oc2ccccc2Br)c1Cl. The van der Waals surface area contributed by atoms with Crippen molar-refractivity contribution in [2.24, 2.45) is 0 Å². The van der Waals surface area contributed by atoms with Gasteiger partial charge in [0.15, 0.2) is 5.75 Å². The molecule has 1 nitrogen and oxygen atoms in total. The second-order valence-corrected chi connectivity index (χ2v) is 7.01. The van der Waals surface area contributed by atoms with Crippen molar-refractivity contribution >= 4 is 82.6 Å². The van der Waals surface area contributed by atoms with Gasteiger partial charge in [-0.25, -0.2) is 0 Å². The predicted octanol–water partition coefficient (Wildman–Crippen LogP) is 7.73. The summed E-state index contributed by atoms with van der Waals surface area (Å²) in [5, 5.41) is 0.816. The Bertz CT molecular complexity index is 617. The van der Waals surface area contributed by atoms with E-state index >= 15 is 0 Å². The van der Waals surface area contributed by atoms with Gasteiger partial charge in [-0.3, -0.25) is 0 Å². The molecule has 0 N–H and O–H groups in total. The minimum atomic E-state index is 0.237. The normalized spacial score (nSPS) is 10.6. The Morgan fingerprint density at radius 1 is 0.789 bits per heavy atom. The molecule has 0 amide bonds. The summed E-state index contributed by atoms with van der Waals surface area (Å²) < 4.78 is 7.78. The van der Waals surface area contributed by atoms with Gasteiger partial charge in [0.25, 0.3) is 0 Å². The lowest BCUT2D eigenvalue weighted by Crippen LogP contribution is -1.90. The molecule has 2 aromatic rings. The lowest BCUT2D eigenvalue weighted by atomic mass is 10.3. The zero-order chi connectivity index (χ0) is 14.2. The molecule has 0 unspecified atom stereocenters. The van der Waals surface area contributed by atoms with E-state index in [1.165, 1.54) is 0 Å². The summed E-state index contributed by atoms with van der Waals surface area (Å²) in [7, 11) is 0. The summed E-state index contributed by atoms with van der Waals surface area (Å²) >= 11 is 28.4. The molecule has 0 bridgehead atoms. The molecular weight excluding hydrogens is 506 g/mol. The molecule has 100 valence electrons. The monoisotopic (exact) mass is 506 g/mol. The van der Waals surface area contributed by atoms with Crippen molar-refractivity contribution in [1.82, 2.24) is 0 Å². The van der Waals surface area contributed by atoms with E-state index in [1.54, 1.807) is 0 Å². The molecule has 0 fully saturated rings. The average molecular weight is 510 g/mol. The molecule has 0 spiro atoms. The topological polar surface area (TPSA) is 9.23 Å². The fourth-order valence-corrected chi connectivity index (χ4v) is 3.52. The van der Waals surface area contributed by atoms with E-state index in [0.717, 1.165) is 4.47 Å². The maximum Gasteiger partial charge on any atom is 0.163 e. The summed E-state index contributed by atoms with van der Waals surface area (Å²) in [6.45, 7) is 0. The van der Waals surface area contributed by atoms with E-state index in [1.807, 2.05) is 24.3 Å². The summed E-state index contributed by atoms with van der Waals surface area (Å²) in [6.07, 6.45) is 0. The van der Waals surface area contributed by atoms with Crippen molar-refractivity contribution in [3.05, 3.63) is 52.8 Å². The summed E-state index contributed by atoms with van der Waals surface area (Å²) in [5.74, 6) is 1.02. The van der Waals surface area contributed by atoms with Gasteiger partial charge < -0.3 is 4.74 Å². The third-order valence-corrected chi connectivity index (χ3v) is 6.49. The number of rotatable bonds is 2. The van der Waals surface area contributed by atoms with Gasteiger partial charge in [0.2, 0.25) is 0 Å². The van der Waals surface area contributed by atoms with Crippen LogP contribution in [-0.2, 0) is 0 Å². The quantitative estimate of drug-likeness (QED) is 0.297. The Kier molecular flexibility index (Phi) is 5.49. The van der Waals surface area contributed by atoms with Crippen molar-refractivity contribution in [3.8, 4) is 11.5 Å². The lowest BCUT2D eigenvalue weighted by molar-refractivity contribution is 0.476. The molecule has 0 aliphatic heterocycles. The van der Waals surface area contributed by atoms with Crippen LogP contribution in [0, 0.1) is 0 Å². The molecule has 0 aromatic heterocycles. The first kappa shape index (κ1) is 15.9. The predicted molar refractivity (Wildman–Crippen MR) is 91.1 cm³/mol. The largest absolute Gasteiger partial charge is 0.453 e. The summed E-state index contributed by atoms with van der Waals surface area (Å²) in [6, 6.07) is 7.42. The minimum absolute atomic E-state index is 0.237. The van der Waals surface area contributed by atoms with Gasteiger partial charge in [0.05, 0.1) is 23.5 Å². The third-order valence-electron chi connectivity index (χ3n) is 2.22.